The number of nitrogens with zero attached hydrogens (tertiary/aromatic N) is 5. The van der Waals surface area contributed by atoms with Gasteiger partial charge in [0.05, 0.1) is 17.2 Å². The average molecular weight is 459 g/mol. The van der Waals surface area contributed by atoms with E-state index in [0.29, 0.717) is 5.92 Å². The molecule has 2 atom stereocenters. The largest absolute Gasteiger partial charge is 0.354 e. The second-order valence-corrected chi connectivity index (χ2v) is 9.52. The van der Waals surface area contributed by atoms with Gasteiger partial charge in [-0.2, -0.15) is 0 Å². The fourth-order valence-electron chi connectivity index (χ4n) is 5.28. The van der Waals surface area contributed by atoms with Gasteiger partial charge in [0.15, 0.2) is 0 Å². The quantitative estimate of drug-likeness (QED) is 0.610. The van der Waals surface area contributed by atoms with Crippen LogP contribution >= 0.6 is 0 Å². The zero-order chi connectivity index (χ0) is 23.3. The number of hydrogen-bond donors (Lipinski definition) is 1. The molecule has 2 saturated heterocycles. The second-order valence-electron chi connectivity index (χ2n) is 9.52. The van der Waals surface area contributed by atoms with Crippen molar-refractivity contribution in [3.8, 4) is 0 Å². The van der Waals surface area contributed by atoms with Crippen LogP contribution in [0.15, 0.2) is 60.9 Å². The summed E-state index contributed by atoms with van der Waals surface area (Å²) in [5.41, 5.74) is 1.73. The molecule has 1 amide bonds. The Morgan fingerprint density at radius 1 is 1.00 bits per heavy atom. The van der Waals surface area contributed by atoms with E-state index in [4.69, 9.17) is 0 Å². The molecule has 4 heterocycles. The molecule has 0 bridgehead atoms. The van der Waals surface area contributed by atoms with Crippen LogP contribution < -0.4 is 10.2 Å². The third-order valence-corrected chi connectivity index (χ3v) is 7.24. The van der Waals surface area contributed by atoms with Crippen LogP contribution in [0, 0.1) is 5.92 Å². The van der Waals surface area contributed by atoms with Crippen molar-refractivity contribution in [2.75, 3.05) is 56.0 Å². The third kappa shape index (κ3) is 5.21. The van der Waals surface area contributed by atoms with Gasteiger partial charge in [0, 0.05) is 57.0 Å². The summed E-state index contributed by atoms with van der Waals surface area (Å²) < 4.78 is 0. The molecule has 34 heavy (non-hydrogen) atoms. The molecular weight excluding hydrogens is 424 g/mol. The maximum atomic E-state index is 13.1. The first-order chi connectivity index (χ1) is 16.7. The summed E-state index contributed by atoms with van der Waals surface area (Å²) in [7, 11) is 0. The van der Waals surface area contributed by atoms with Gasteiger partial charge < -0.3 is 10.2 Å². The van der Waals surface area contributed by atoms with Crippen LogP contribution in [0.5, 0.6) is 0 Å². The van der Waals surface area contributed by atoms with Crippen molar-refractivity contribution in [2.24, 2.45) is 5.92 Å². The third-order valence-electron chi connectivity index (χ3n) is 7.24. The first kappa shape index (κ1) is 22.7. The Kier molecular flexibility index (Phi) is 7.02. The minimum Gasteiger partial charge on any atom is -0.354 e. The van der Waals surface area contributed by atoms with Crippen molar-refractivity contribution < 1.29 is 4.79 Å². The summed E-state index contributed by atoms with van der Waals surface area (Å²) >= 11 is 0. The number of nitrogens with one attached hydrogen (secondary N) is 1. The van der Waals surface area contributed by atoms with E-state index in [-0.39, 0.29) is 11.9 Å². The van der Waals surface area contributed by atoms with Crippen molar-refractivity contribution in [3.05, 3.63) is 60.9 Å². The predicted octanol–water partition coefficient (Wildman–Crippen LogP) is 3.49. The van der Waals surface area contributed by atoms with Gasteiger partial charge in [-0.05, 0) is 68.6 Å². The molecule has 7 heteroatoms. The molecule has 5 rings (SSSR count). The van der Waals surface area contributed by atoms with Crippen LogP contribution in [-0.4, -0.2) is 77.5 Å². The molecule has 0 aliphatic carbocycles. The van der Waals surface area contributed by atoms with Crippen LogP contribution in [0.4, 0.5) is 11.5 Å². The van der Waals surface area contributed by atoms with E-state index in [1.54, 1.807) is 6.20 Å². The minimum atomic E-state index is -0.157. The molecule has 1 N–H and O–H groups in total. The van der Waals surface area contributed by atoms with Crippen LogP contribution in [0.3, 0.4) is 0 Å². The van der Waals surface area contributed by atoms with Crippen molar-refractivity contribution in [3.63, 3.8) is 0 Å². The van der Waals surface area contributed by atoms with Gasteiger partial charge >= 0.3 is 0 Å². The molecule has 2 aliphatic rings. The van der Waals surface area contributed by atoms with Crippen molar-refractivity contribution in [2.45, 2.75) is 25.8 Å². The molecule has 0 radical (unpaired) electrons. The molecule has 178 valence electrons. The van der Waals surface area contributed by atoms with Gasteiger partial charge in [0.1, 0.15) is 5.82 Å². The highest BCUT2D eigenvalue weighted by atomic mass is 16.2. The van der Waals surface area contributed by atoms with Gasteiger partial charge in [-0.25, -0.2) is 4.98 Å². The molecule has 0 spiro atoms. The number of aromatic nitrogens is 2. The van der Waals surface area contributed by atoms with Crippen molar-refractivity contribution >= 4 is 28.3 Å². The summed E-state index contributed by atoms with van der Waals surface area (Å²) in [6.45, 7) is 9.28. The zero-order valence-corrected chi connectivity index (χ0v) is 19.9. The molecule has 1 aromatic carbocycles. The lowest BCUT2D eigenvalue weighted by Crippen LogP contribution is -2.52. The zero-order valence-electron chi connectivity index (χ0n) is 19.9. The minimum absolute atomic E-state index is 0.0565. The fraction of sp³-hybridized carbons (Fsp3) is 0.444. The maximum absolute atomic E-state index is 13.1. The average Bonchev–Trinajstić information content (AvgIpc) is 2.89. The second kappa shape index (κ2) is 10.5. The fourth-order valence-corrected chi connectivity index (χ4v) is 5.28. The number of likely N-dealkylation sites (tertiary alicyclic amines) is 1. The number of piperidine rings is 1. The first-order valence-corrected chi connectivity index (χ1v) is 12.4. The number of amides is 1. The highest BCUT2D eigenvalue weighted by Crippen LogP contribution is 2.24. The lowest BCUT2D eigenvalue weighted by atomic mass is 9.95. The van der Waals surface area contributed by atoms with Crippen molar-refractivity contribution in [1.29, 1.82) is 0 Å². The van der Waals surface area contributed by atoms with E-state index in [2.05, 4.69) is 42.1 Å². The van der Waals surface area contributed by atoms with Gasteiger partial charge in [-0.3, -0.25) is 19.6 Å². The van der Waals surface area contributed by atoms with E-state index < -0.39 is 0 Å². The summed E-state index contributed by atoms with van der Waals surface area (Å²) in [6, 6.07) is 15.7. The smallest absolute Gasteiger partial charge is 0.241 e. The number of hydrogen-bond acceptors (Lipinski definition) is 6. The molecule has 2 aromatic heterocycles. The highest BCUT2D eigenvalue weighted by Gasteiger charge is 2.29. The normalized spacial score (nSPS) is 20.9. The Bertz CT molecular complexity index is 1090. The number of anilines is 2. The maximum Gasteiger partial charge on any atom is 0.241 e. The molecule has 2 aliphatic heterocycles. The Balaban J connectivity index is 1.14. The number of carbonyl (C=O) groups excluding carboxylic acids is 1. The van der Waals surface area contributed by atoms with E-state index in [0.717, 1.165) is 74.6 Å². The Labute approximate surface area is 201 Å². The predicted molar refractivity (Wildman–Crippen MR) is 137 cm³/mol. The Hall–Kier alpha value is -3.03. The van der Waals surface area contributed by atoms with E-state index in [1.165, 1.54) is 6.42 Å². The number of pyridine rings is 2. The van der Waals surface area contributed by atoms with E-state index >= 15 is 0 Å². The number of fused-ring (bicyclic) bond motifs is 1. The lowest BCUT2D eigenvalue weighted by molar-refractivity contribution is -0.121. The summed E-state index contributed by atoms with van der Waals surface area (Å²) in [4.78, 5) is 29.3. The number of carbonyl (C=O) groups is 1. The lowest BCUT2D eigenvalue weighted by Gasteiger charge is -2.40. The van der Waals surface area contributed by atoms with E-state index in [1.807, 2.05) is 49.5 Å². The number of piperazine rings is 1. The standard InChI is InChI=1S/C27H34N6O/c1-21(27(34)30-25-10-4-9-24-23(25)8-5-13-28-24)33-14-6-7-22(20-33)19-31-15-17-32(18-16-31)26-11-2-3-12-29-26/h2-5,8-13,21-22H,6-7,14-20H2,1H3,(H,30,34)/t21-,22+/m1/s1. The molecule has 0 unspecified atom stereocenters. The van der Waals surface area contributed by atoms with Crippen molar-refractivity contribution in [1.82, 2.24) is 19.8 Å². The van der Waals surface area contributed by atoms with Crippen LogP contribution in [0.1, 0.15) is 19.8 Å². The van der Waals surface area contributed by atoms with Crippen LogP contribution in [0.2, 0.25) is 0 Å². The van der Waals surface area contributed by atoms with Gasteiger partial charge in [-0.1, -0.05) is 12.1 Å². The molecule has 2 fully saturated rings. The van der Waals surface area contributed by atoms with Gasteiger partial charge in [0.2, 0.25) is 5.91 Å². The SMILES string of the molecule is C[C@H](C(=O)Nc1cccc2ncccc12)N1CCC[C@@H](CN2CCN(c3ccccn3)CC2)C1. The number of benzene rings is 1. The van der Waals surface area contributed by atoms with Gasteiger partial charge in [0.25, 0.3) is 0 Å². The molecule has 3 aromatic rings. The highest BCUT2D eigenvalue weighted by molar-refractivity contribution is 6.02. The number of rotatable bonds is 6. The summed E-state index contributed by atoms with van der Waals surface area (Å²) in [5.74, 6) is 1.74. The Morgan fingerprint density at radius 2 is 1.85 bits per heavy atom. The first-order valence-electron chi connectivity index (χ1n) is 12.4. The molecule has 0 saturated carbocycles. The van der Waals surface area contributed by atoms with Crippen LogP contribution in [0.25, 0.3) is 10.9 Å². The molecule has 7 nitrogen and oxygen atoms in total. The monoisotopic (exact) mass is 458 g/mol. The Morgan fingerprint density at radius 3 is 2.68 bits per heavy atom. The van der Waals surface area contributed by atoms with Gasteiger partial charge in [-0.15, -0.1) is 0 Å². The molecular formula is C27H34N6O. The summed E-state index contributed by atoms with van der Waals surface area (Å²) in [5, 5.41) is 4.13. The van der Waals surface area contributed by atoms with E-state index in [9.17, 15) is 4.79 Å². The topological polar surface area (TPSA) is 64.6 Å². The van der Waals surface area contributed by atoms with Crippen LogP contribution in [-0.2, 0) is 4.79 Å². The summed E-state index contributed by atoms with van der Waals surface area (Å²) in [6.07, 6.45) is 6.03.